The number of carbonyl (C=O) groups is 1. The molecular weight excluding hydrogens is 276 g/mol. The quantitative estimate of drug-likeness (QED) is 0.483. The summed E-state index contributed by atoms with van der Waals surface area (Å²) in [6.45, 7) is 8.59. The zero-order valence-electron chi connectivity index (χ0n) is 11.8. The van der Waals surface area contributed by atoms with Crippen molar-refractivity contribution in [1.82, 2.24) is 4.90 Å². The maximum atomic E-state index is 11.4. The van der Waals surface area contributed by atoms with E-state index in [9.17, 15) is 4.79 Å². The van der Waals surface area contributed by atoms with E-state index in [0.717, 1.165) is 6.54 Å². The molecule has 4 rings (SSSR count). The fourth-order valence-electron chi connectivity index (χ4n) is 3.22. The lowest BCUT2D eigenvalue weighted by molar-refractivity contribution is -0.953. The maximum absolute atomic E-state index is 11.4. The van der Waals surface area contributed by atoms with E-state index in [1.807, 2.05) is 12.1 Å². The Bertz CT molecular complexity index is 453. The van der Waals surface area contributed by atoms with Crippen molar-refractivity contribution in [3.05, 3.63) is 35.4 Å². The molecule has 0 spiro atoms. The highest BCUT2D eigenvalue weighted by Gasteiger charge is 2.38. The summed E-state index contributed by atoms with van der Waals surface area (Å²) in [7, 11) is 1.42. The van der Waals surface area contributed by atoms with Gasteiger partial charge in [-0.15, -0.1) is 0 Å². The second-order valence-corrected chi connectivity index (χ2v) is 5.70. The smallest absolute Gasteiger partial charge is 0.337 e. The highest BCUT2D eigenvalue weighted by Crippen LogP contribution is 2.23. The topological polar surface area (TPSA) is 29.5 Å². The molecule has 1 aromatic rings. The molecule has 0 unspecified atom stereocenters. The molecule has 3 aliphatic rings. The number of ether oxygens (including phenoxy) is 1. The van der Waals surface area contributed by atoms with Crippen molar-refractivity contribution >= 4 is 5.97 Å². The number of hydrogen-bond acceptors (Lipinski definition) is 3. The summed E-state index contributed by atoms with van der Waals surface area (Å²) in [5, 5.41) is 0. The van der Waals surface area contributed by atoms with E-state index in [4.69, 9.17) is 4.74 Å². The van der Waals surface area contributed by atoms with Crippen LogP contribution < -0.4 is 12.4 Å². The van der Waals surface area contributed by atoms with Crippen molar-refractivity contribution in [3.8, 4) is 0 Å². The molecule has 0 saturated carbocycles. The summed E-state index contributed by atoms with van der Waals surface area (Å²) >= 11 is 0. The van der Waals surface area contributed by atoms with E-state index < -0.39 is 0 Å². The molecule has 0 atom stereocenters. The summed E-state index contributed by atoms with van der Waals surface area (Å²) in [5.41, 5.74) is 1.96. The predicted molar refractivity (Wildman–Crippen MR) is 72.8 cm³/mol. The Kier molecular flexibility index (Phi) is 4.68. The molecule has 2 bridgehead atoms. The van der Waals surface area contributed by atoms with Crippen LogP contribution in [0.2, 0.25) is 0 Å². The highest BCUT2D eigenvalue weighted by atomic mass is 35.5. The summed E-state index contributed by atoms with van der Waals surface area (Å²) in [6.07, 6.45) is 0. The molecule has 0 N–H and O–H groups in total. The first-order valence-electron chi connectivity index (χ1n) is 6.96. The van der Waals surface area contributed by atoms with Gasteiger partial charge in [0.05, 0.1) is 32.3 Å². The number of nitrogens with zero attached hydrogens (tertiary/aromatic N) is 2. The Morgan fingerprint density at radius 1 is 1.15 bits per heavy atom. The number of esters is 1. The molecule has 5 heteroatoms. The molecule has 3 aliphatic heterocycles. The number of quaternary nitrogens is 1. The number of benzene rings is 1. The molecule has 110 valence electrons. The van der Waals surface area contributed by atoms with Crippen LogP contribution in [0.1, 0.15) is 15.9 Å². The number of rotatable bonds is 3. The number of hydrogen-bond donors (Lipinski definition) is 0. The van der Waals surface area contributed by atoms with Crippen molar-refractivity contribution in [2.75, 3.05) is 46.4 Å². The number of piperazine rings is 3. The van der Waals surface area contributed by atoms with Crippen LogP contribution in [0.15, 0.2) is 24.3 Å². The minimum atomic E-state index is -0.259. The summed E-state index contributed by atoms with van der Waals surface area (Å²) in [4.78, 5) is 14.0. The van der Waals surface area contributed by atoms with E-state index in [1.54, 1.807) is 0 Å². The summed E-state index contributed by atoms with van der Waals surface area (Å²) < 4.78 is 5.94. The molecule has 20 heavy (non-hydrogen) atoms. The second-order valence-electron chi connectivity index (χ2n) is 5.70. The molecule has 4 nitrogen and oxygen atoms in total. The molecular formula is C15H21ClN2O2. The molecule has 3 heterocycles. The monoisotopic (exact) mass is 296 g/mol. The lowest BCUT2D eigenvalue weighted by Crippen LogP contribution is -3.00. The average Bonchev–Trinajstić information content (AvgIpc) is 2.49. The molecule has 0 aromatic heterocycles. The zero-order chi connectivity index (χ0) is 13.3. The van der Waals surface area contributed by atoms with Crippen LogP contribution >= 0.6 is 0 Å². The number of carbonyl (C=O) groups excluding carboxylic acids is 1. The van der Waals surface area contributed by atoms with Crippen LogP contribution in [0.3, 0.4) is 0 Å². The van der Waals surface area contributed by atoms with E-state index in [1.165, 1.54) is 56.4 Å². The van der Waals surface area contributed by atoms with Gasteiger partial charge in [0.15, 0.2) is 0 Å². The van der Waals surface area contributed by atoms with Gasteiger partial charge in [0.25, 0.3) is 0 Å². The Hall–Kier alpha value is -1.10. The Balaban J connectivity index is 0.00000147. The first-order valence-corrected chi connectivity index (χ1v) is 6.96. The van der Waals surface area contributed by atoms with E-state index in [2.05, 4.69) is 17.0 Å². The van der Waals surface area contributed by atoms with Gasteiger partial charge in [0, 0.05) is 25.2 Å². The SMILES string of the molecule is COC(=O)c1ccc(C[N+]23CCN(CC2)CC3)cc1.[Cl-]. The molecule has 0 aliphatic carbocycles. The fourth-order valence-corrected chi connectivity index (χ4v) is 3.22. The van der Waals surface area contributed by atoms with Gasteiger partial charge in [-0.1, -0.05) is 12.1 Å². The Morgan fingerprint density at radius 2 is 1.70 bits per heavy atom. The maximum Gasteiger partial charge on any atom is 0.337 e. The molecule has 1 aromatic carbocycles. The van der Waals surface area contributed by atoms with Crippen molar-refractivity contribution < 1.29 is 26.4 Å². The lowest BCUT2D eigenvalue weighted by atomic mass is 10.1. The van der Waals surface area contributed by atoms with Crippen LogP contribution in [0.25, 0.3) is 0 Å². The van der Waals surface area contributed by atoms with Gasteiger partial charge < -0.3 is 21.6 Å². The molecule has 3 saturated heterocycles. The standard InChI is InChI=1S/C15H21N2O2.ClH/c1-19-15(18)14-4-2-13(3-5-14)12-17-9-6-16(7-10-17)8-11-17;/h2-5H,6-12H2,1H3;1H/q+1;/p-1. The van der Waals surface area contributed by atoms with Gasteiger partial charge in [-0.2, -0.15) is 0 Å². The summed E-state index contributed by atoms with van der Waals surface area (Å²) in [5.74, 6) is -0.259. The van der Waals surface area contributed by atoms with Crippen molar-refractivity contribution in [2.45, 2.75) is 6.54 Å². The third kappa shape index (κ3) is 2.97. The Labute approximate surface area is 126 Å². The predicted octanol–water partition coefficient (Wildman–Crippen LogP) is -1.88. The average molecular weight is 297 g/mol. The Morgan fingerprint density at radius 3 is 2.20 bits per heavy atom. The normalized spacial score (nSPS) is 27.8. The largest absolute Gasteiger partial charge is 1.00 e. The van der Waals surface area contributed by atoms with Gasteiger partial charge in [-0.3, -0.25) is 4.90 Å². The van der Waals surface area contributed by atoms with E-state index in [-0.39, 0.29) is 18.4 Å². The van der Waals surface area contributed by atoms with Gasteiger partial charge in [0.2, 0.25) is 0 Å². The first kappa shape index (κ1) is 15.3. The van der Waals surface area contributed by atoms with Crippen LogP contribution in [0.5, 0.6) is 0 Å². The highest BCUT2D eigenvalue weighted by molar-refractivity contribution is 5.89. The zero-order valence-corrected chi connectivity index (χ0v) is 12.6. The van der Waals surface area contributed by atoms with Gasteiger partial charge in [-0.05, 0) is 12.1 Å². The molecule has 3 fully saturated rings. The van der Waals surface area contributed by atoms with Crippen LogP contribution in [-0.2, 0) is 11.3 Å². The minimum Gasteiger partial charge on any atom is -1.00 e. The number of halogens is 1. The summed E-state index contributed by atoms with van der Waals surface area (Å²) in [6, 6.07) is 7.89. The van der Waals surface area contributed by atoms with E-state index >= 15 is 0 Å². The van der Waals surface area contributed by atoms with Crippen LogP contribution in [0, 0.1) is 0 Å². The van der Waals surface area contributed by atoms with Gasteiger partial charge in [0.1, 0.15) is 6.54 Å². The third-order valence-corrected chi connectivity index (χ3v) is 4.56. The molecule has 0 radical (unpaired) electrons. The third-order valence-electron chi connectivity index (χ3n) is 4.56. The fraction of sp³-hybridized carbons (Fsp3) is 0.533. The van der Waals surface area contributed by atoms with Crippen LogP contribution in [-0.4, -0.2) is 61.7 Å². The van der Waals surface area contributed by atoms with Crippen molar-refractivity contribution in [1.29, 1.82) is 0 Å². The van der Waals surface area contributed by atoms with Crippen molar-refractivity contribution in [3.63, 3.8) is 0 Å². The first-order chi connectivity index (χ1) is 9.21. The van der Waals surface area contributed by atoms with Crippen molar-refractivity contribution in [2.24, 2.45) is 0 Å². The second kappa shape index (κ2) is 6.12. The van der Waals surface area contributed by atoms with E-state index in [0.29, 0.717) is 5.56 Å². The molecule has 0 amide bonds. The van der Waals surface area contributed by atoms with Crippen LogP contribution in [0.4, 0.5) is 0 Å². The lowest BCUT2D eigenvalue weighted by Gasteiger charge is -2.50. The van der Waals surface area contributed by atoms with Gasteiger partial charge in [-0.25, -0.2) is 4.79 Å². The number of fused-ring (bicyclic) bond motifs is 3. The van der Waals surface area contributed by atoms with Gasteiger partial charge >= 0.3 is 5.97 Å². The minimum absolute atomic E-state index is 0. The number of methoxy groups -OCH3 is 1.